The van der Waals surface area contributed by atoms with Crippen molar-refractivity contribution < 1.29 is 0 Å². The molecule has 0 spiro atoms. The molecule has 15 heavy (non-hydrogen) atoms. The van der Waals surface area contributed by atoms with Crippen LogP contribution >= 0.6 is 22.9 Å². The first-order chi connectivity index (χ1) is 7.31. The van der Waals surface area contributed by atoms with Crippen molar-refractivity contribution in [3.63, 3.8) is 0 Å². The van der Waals surface area contributed by atoms with Crippen molar-refractivity contribution >= 4 is 27.9 Å². The van der Waals surface area contributed by atoms with E-state index < -0.39 is 0 Å². The van der Waals surface area contributed by atoms with E-state index in [1.54, 1.807) is 11.3 Å². The van der Waals surface area contributed by atoms with Gasteiger partial charge in [0.25, 0.3) is 0 Å². The first-order valence-corrected chi connectivity index (χ1v) is 6.09. The molecule has 2 aromatic rings. The summed E-state index contributed by atoms with van der Waals surface area (Å²) in [5.74, 6) is 0. The molecule has 1 aliphatic rings. The molecule has 0 saturated heterocycles. The van der Waals surface area contributed by atoms with Gasteiger partial charge in [-0.2, -0.15) is 5.26 Å². The summed E-state index contributed by atoms with van der Waals surface area (Å²) >= 11 is 7.57. The molecule has 2 heterocycles. The van der Waals surface area contributed by atoms with Crippen molar-refractivity contribution in [2.75, 3.05) is 0 Å². The summed E-state index contributed by atoms with van der Waals surface area (Å²) < 4.78 is 1.93. The van der Waals surface area contributed by atoms with Crippen LogP contribution < -0.4 is 0 Å². The van der Waals surface area contributed by atoms with Crippen LogP contribution in [0.25, 0.3) is 4.96 Å². The second kappa shape index (κ2) is 3.22. The second-order valence-electron chi connectivity index (χ2n) is 3.66. The van der Waals surface area contributed by atoms with Gasteiger partial charge in [0.1, 0.15) is 6.07 Å². The molecule has 0 aliphatic heterocycles. The number of aromatic nitrogens is 2. The summed E-state index contributed by atoms with van der Waals surface area (Å²) in [4.78, 5) is 6.45. The van der Waals surface area contributed by atoms with E-state index in [0.29, 0.717) is 10.8 Å². The molecule has 2 aromatic heterocycles. The molecule has 0 aromatic carbocycles. The van der Waals surface area contributed by atoms with Gasteiger partial charge >= 0.3 is 0 Å². The third kappa shape index (κ3) is 1.20. The smallest absolute Gasteiger partial charge is 0.196 e. The largest absolute Gasteiger partial charge is 0.277 e. The minimum atomic E-state index is 0.331. The molecule has 0 saturated carbocycles. The lowest BCUT2D eigenvalue weighted by atomic mass is 10.0. The molecule has 0 radical (unpaired) electrons. The third-order valence-corrected chi connectivity index (χ3v) is 4.19. The zero-order chi connectivity index (χ0) is 10.4. The Bertz CT molecular complexity index is 575. The summed E-state index contributed by atoms with van der Waals surface area (Å²) in [5, 5.41) is 9.37. The molecule has 0 unspecified atom stereocenters. The van der Waals surface area contributed by atoms with Gasteiger partial charge in [-0.25, -0.2) is 4.98 Å². The van der Waals surface area contributed by atoms with Crippen LogP contribution in [-0.2, 0) is 12.8 Å². The van der Waals surface area contributed by atoms with Gasteiger partial charge in [-0.15, -0.1) is 11.3 Å². The first-order valence-electron chi connectivity index (χ1n) is 4.90. The molecule has 3 rings (SSSR count). The van der Waals surface area contributed by atoms with Crippen molar-refractivity contribution in [3.8, 4) is 6.07 Å². The van der Waals surface area contributed by atoms with Crippen molar-refractivity contribution in [1.29, 1.82) is 5.26 Å². The number of imidazole rings is 1. The molecular weight excluding hydrogens is 230 g/mol. The zero-order valence-corrected chi connectivity index (χ0v) is 9.53. The molecule has 3 nitrogen and oxygen atoms in total. The number of nitrogens with zero attached hydrogens (tertiary/aromatic N) is 3. The zero-order valence-electron chi connectivity index (χ0n) is 7.96. The Morgan fingerprint density at radius 2 is 2.20 bits per heavy atom. The predicted molar refractivity (Wildman–Crippen MR) is 59.4 cm³/mol. The van der Waals surface area contributed by atoms with Crippen LogP contribution in [0.2, 0.25) is 5.15 Å². The molecule has 0 bridgehead atoms. The average molecular weight is 238 g/mol. The Kier molecular flexibility index (Phi) is 1.98. The number of nitriles is 1. The lowest BCUT2D eigenvalue weighted by Crippen LogP contribution is -2.03. The number of fused-ring (bicyclic) bond motifs is 3. The fourth-order valence-electron chi connectivity index (χ4n) is 2.11. The van der Waals surface area contributed by atoms with Crippen molar-refractivity contribution in [2.45, 2.75) is 25.7 Å². The lowest BCUT2D eigenvalue weighted by Gasteiger charge is -2.10. The van der Waals surface area contributed by atoms with Gasteiger partial charge in [-0.3, -0.25) is 4.40 Å². The quantitative estimate of drug-likeness (QED) is 0.707. The van der Waals surface area contributed by atoms with E-state index in [1.807, 2.05) is 4.40 Å². The average Bonchev–Trinajstić information content (AvgIpc) is 2.72. The molecule has 0 amide bonds. The summed E-state index contributed by atoms with van der Waals surface area (Å²) in [6.07, 6.45) is 4.59. The van der Waals surface area contributed by atoms with E-state index in [4.69, 9.17) is 16.9 Å². The fourth-order valence-corrected chi connectivity index (χ4v) is 3.57. The predicted octanol–water partition coefficient (Wildman–Crippen LogP) is 2.80. The van der Waals surface area contributed by atoms with Gasteiger partial charge < -0.3 is 0 Å². The molecule has 0 N–H and O–H groups in total. The van der Waals surface area contributed by atoms with Crippen LogP contribution in [0.1, 0.15) is 29.1 Å². The van der Waals surface area contributed by atoms with Gasteiger partial charge in [0.15, 0.2) is 15.8 Å². The summed E-state index contributed by atoms with van der Waals surface area (Å²) in [6, 6.07) is 2.13. The van der Waals surface area contributed by atoms with E-state index in [-0.39, 0.29) is 0 Å². The number of thiazole rings is 1. The maximum atomic E-state index is 9.03. The maximum Gasteiger partial charge on any atom is 0.196 e. The van der Waals surface area contributed by atoms with Crippen LogP contribution in [0.4, 0.5) is 0 Å². The number of hydrogen-bond donors (Lipinski definition) is 0. The van der Waals surface area contributed by atoms with Crippen LogP contribution in [0.5, 0.6) is 0 Å². The van der Waals surface area contributed by atoms with Gasteiger partial charge in [0.05, 0.1) is 0 Å². The Morgan fingerprint density at radius 1 is 1.40 bits per heavy atom. The minimum Gasteiger partial charge on any atom is -0.277 e. The van der Waals surface area contributed by atoms with Crippen molar-refractivity contribution in [3.05, 3.63) is 21.4 Å². The SMILES string of the molecule is N#Cc1c(Cl)nc2sc3c(n12)CCCC3. The molecule has 0 fully saturated rings. The van der Waals surface area contributed by atoms with Crippen LogP contribution in [0, 0.1) is 11.3 Å². The Balaban J connectivity index is 2.38. The van der Waals surface area contributed by atoms with Crippen LogP contribution in [-0.4, -0.2) is 9.38 Å². The number of rotatable bonds is 0. The molecule has 5 heteroatoms. The van der Waals surface area contributed by atoms with Gasteiger partial charge in [0.2, 0.25) is 0 Å². The minimum absolute atomic E-state index is 0.331. The highest BCUT2D eigenvalue weighted by atomic mass is 35.5. The molecular formula is C10H8ClN3S. The molecule has 1 aliphatic carbocycles. The monoisotopic (exact) mass is 237 g/mol. The van der Waals surface area contributed by atoms with E-state index in [0.717, 1.165) is 17.8 Å². The first kappa shape index (κ1) is 9.20. The second-order valence-corrected chi connectivity index (χ2v) is 5.08. The van der Waals surface area contributed by atoms with Gasteiger partial charge in [0, 0.05) is 10.6 Å². The Morgan fingerprint density at radius 3 is 3.00 bits per heavy atom. The normalized spacial score (nSPS) is 15.2. The summed E-state index contributed by atoms with van der Waals surface area (Å²) in [7, 11) is 0. The number of halogens is 1. The lowest BCUT2D eigenvalue weighted by molar-refractivity contribution is 0.673. The van der Waals surface area contributed by atoms with Crippen LogP contribution in [0.15, 0.2) is 0 Å². The fraction of sp³-hybridized carbons (Fsp3) is 0.400. The summed E-state index contributed by atoms with van der Waals surface area (Å²) in [6.45, 7) is 0. The van der Waals surface area contributed by atoms with E-state index in [1.165, 1.54) is 23.4 Å². The van der Waals surface area contributed by atoms with Gasteiger partial charge in [-0.05, 0) is 25.7 Å². The molecule has 0 atom stereocenters. The highest BCUT2D eigenvalue weighted by Crippen LogP contribution is 2.32. The maximum absolute atomic E-state index is 9.03. The Hall–Kier alpha value is -1.05. The van der Waals surface area contributed by atoms with Crippen molar-refractivity contribution in [1.82, 2.24) is 9.38 Å². The van der Waals surface area contributed by atoms with E-state index >= 15 is 0 Å². The molecule has 76 valence electrons. The summed E-state index contributed by atoms with van der Waals surface area (Å²) in [5.41, 5.74) is 1.74. The highest BCUT2D eigenvalue weighted by Gasteiger charge is 2.21. The van der Waals surface area contributed by atoms with Crippen molar-refractivity contribution in [2.24, 2.45) is 0 Å². The third-order valence-electron chi connectivity index (χ3n) is 2.78. The Labute approximate surface area is 95.9 Å². The van der Waals surface area contributed by atoms with E-state index in [9.17, 15) is 0 Å². The van der Waals surface area contributed by atoms with Crippen LogP contribution in [0.3, 0.4) is 0 Å². The number of aryl methyl sites for hydroxylation is 2. The topological polar surface area (TPSA) is 41.1 Å². The highest BCUT2D eigenvalue weighted by molar-refractivity contribution is 7.17. The van der Waals surface area contributed by atoms with E-state index in [2.05, 4.69) is 11.1 Å². The standard InChI is InChI=1S/C10H8ClN3S/c11-9-7(5-12)14-6-3-1-2-4-8(6)15-10(14)13-9/h1-4H2. The number of hydrogen-bond acceptors (Lipinski definition) is 3. The van der Waals surface area contributed by atoms with Gasteiger partial charge in [-0.1, -0.05) is 11.6 Å².